The zero-order valence-corrected chi connectivity index (χ0v) is 34.2. The van der Waals surface area contributed by atoms with Crippen molar-refractivity contribution in [1.29, 1.82) is 0 Å². The lowest BCUT2D eigenvalue weighted by atomic mass is 10.1. The van der Waals surface area contributed by atoms with Gasteiger partial charge in [-0.3, -0.25) is 48.5 Å². The van der Waals surface area contributed by atoms with Gasteiger partial charge in [-0.15, -0.1) is 0 Å². The highest BCUT2D eigenvalue weighted by Gasteiger charge is 2.24. The van der Waals surface area contributed by atoms with Gasteiger partial charge >= 0.3 is 0 Å². The number of primary amides is 2. The van der Waals surface area contributed by atoms with Crippen LogP contribution >= 0.6 is 0 Å². The number of carbonyl (C=O) groups excluding carboxylic acids is 5. The lowest BCUT2D eigenvalue weighted by Crippen LogP contribution is -2.41. The number of hydrogen-bond acceptors (Lipinski definition) is 12. The second kappa shape index (κ2) is 17.8. The molecular weight excluding hydrogens is 789 g/mol. The molecule has 0 unspecified atom stereocenters. The Labute approximate surface area is 348 Å². The Hall–Kier alpha value is -7.42. The van der Waals surface area contributed by atoms with Crippen LogP contribution in [-0.2, 0) is 35.7 Å². The van der Waals surface area contributed by atoms with Gasteiger partial charge in [-0.2, -0.15) is 10.2 Å². The van der Waals surface area contributed by atoms with Crippen LogP contribution in [0.3, 0.4) is 0 Å². The molecule has 21 nitrogen and oxygen atoms in total. The molecule has 6 heterocycles. The number of nitrogens with zero attached hydrogens (tertiary/aromatic N) is 10. The summed E-state index contributed by atoms with van der Waals surface area (Å²) in [6.45, 7) is 10.4. The number of allylic oxidation sites excluding steroid dienone is 2. The molecule has 1 fully saturated rings. The van der Waals surface area contributed by atoms with Crippen LogP contribution in [0.4, 0.5) is 11.9 Å². The molecule has 7 rings (SSSR count). The van der Waals surface area contributed by atoms with Crippen LogP contribution in [0.25, 0.3) is 22.2 Å². The molecule has 0 bridgehead atoms. The highest BCUT2D eigenvalue weighted by molar-refractivity contribution is 6.05. The van der Waals surface area contributed by atoms with Gasteiger partial charge in [0.15, 0.2) is 5.65 Å². The number of anilines is 2. The van der Waals surface area contributed by atoms with E-state index in [-0.39, 0.29) is 60.8 Å². The molecule has 1 aliphatic rings. The average Bonchev–Trinajstić information content (AvgIpc) is 4.01. The smallest absolute Gasteiger partial charge is 0.276 e. The van der Waals surface area contributed by atoms with E-state index in [1.807, 2.05) is 13.8 Å². The van der Waals surface area contributed by atoms with Gasteiger partial charge in [-0.25, -0.2) is 15.0 Å². The summed E-state index contributed by atoms with van der Waals surface area (Å²) in [6, 6.07) is 7.82. The van der Waals surface area contributed by atoms with E-state index in [2.05, 4.69) is 30.8 Å². The quantitative estimate of drug-likeness (QED) is 0.102. The summed E-state index contributed by atoms with van der Waals surface area (Å²) < 4.78 is 18.1. The number of amides is 5. The van der Waals surface area contributed by atoms with Crippen LogP contribution in [0.1, 0.15) is 73.3 Å². The number of nitrogens with two attached hydrogens (primary N) is 2. The number of ether oxygens (including phenoxy) is 2. The number of carbonyl (C=O) groups is 5. The van der Waals surface area contributed by atoms with Crippen molar-refractivity contribution in [2.24, 2.45) is 11.5 Å². The van der Waals surface area contributed by atoms with Gasteiger partial charge in [-0.05, 0) is 58.0 Å². The Kier molecular flexibility index (Phi) is 12.2. The summed E-state index contributed by atoms with van der Waals surface area (Å²) >= 11 is 0. The highest BCUT2D eigenvalue weighted by atomic mass is 16.5. The van der Waals surface area contributed by atoms with Gasteiger partial charge in [-0.1, -0.05) is 12.2 Å². The SMILES string of the molecule is CCn1nc(C)cc1C(=O)Nc1nc2cc(C(N)=O)cnc2n1C/C=C/Cn1c(NC(=O)c2cc(C)nn2CC)nc2cc(C(N)=O)cc(OCCC(=O)N3CCOCC3)c21. The molecule has 1 aliphatic heterocycles. The zero-order valence-electron chi connectivity index (χ0n) is 34.2. The minimum atomic E-state index is -0.722. The molecule has 1 aromatic carbocycles. The van der Waals surface area contributed by atoms with Gasteiger partial charge in [0.1, 0.15) is 28.2 Å². The van der Waals surface area contributed by atoms with Crippen LogP contribution in [-0.4, -0.2) is 111 Å². The molecule has 21 heteroatoms. The fourth-order valence-corrected chi connectivity index (χ4v) is 7.02. The van der Waals surface area contributed by atoms with Crippen molar-refractivity contribution in [3.63, 3.8) is 0 Å². The van der Waals surface area contributed by atoms with E-state index >= 15 is 0 Å². The molecular formula is C40H46N14O7. The minimum absolute atomic E-state index is 0.0174. The van der Waals surface area contributed by atoms with Gasteiger partial charge in [0.25, 0.3) is 11.8 Å². The summed E-state index contributed by atoms with van der Waals surface area (Å²) in [5, 5.41) is 14.5. The largest absolute Gasteiger partial charge is 0.491 e. The third-order valence-electron chi connectivity index (χ3n) is 9.96. The predicted molar refractivity (Wildman–Crippen MR) is 222 cm³/mol. The van der Waals surface area contributed by atoms with Crippen LogP contribution in [0.2, 0.25) is 0 Å². The summed E-state index contributed by atoms with van der Waals surface area (Å²) in [6.07, 6.45) is 5.00. The number of aryl methyl sites for hydroxylation is 4. The van der Waals surface area contributed by atoms with E-state index in [1.165, 1.54) is 24.4 Å². The van der Waals surface area contributed by atoms with Crippen molar-refractivity contribution in [2.45, 2.75) is 60.3 Å². The Morgan fingerprint density at radius 3 is 1.92 bits per heavy atom. The van der Waals surface area contributed by atoms with Gasteiger partial charge < -0.3 is 30.4 Å². The summed E-state index contributed by atoms with van der Waals surface area (Å²) in [4.78, 5) is 80.2. The van der Waals surface area contributed by atoms with Gasteiger partial charge in [0.05, 0.1) is 48.7 Å². The topological polar surface area (TPSA) is 267 Å². The molecule has 5 aromatic heterocycles. The van der Waals surface area contributed by atoms with Crippen molar-refractivity contribution in [3.8, 4) is 5.75 Å². The third kappa shape index (κ3) is 8.95. The second-order valence-electron chi connectivity index (χ2n) is 14.2. The minimum Gasteiger partial charge on any atom is -0.491 e. The number of benzene rings is 1. The molecule has 1 saturated heterocycles. The maximum atomic E-state index is 13.8. The van der Waals surface area contributed by atoms with E-state index in [0.717, 1.165) is 0 Å². The lowest BCUT2D eigenvalue weighted by molar-refractivity contribution is -0.135. The van der Waals surface area contributed by atoms with Gasteiger partial charge in [0, 0.05) is 51.0 Å². The molecule has 0 aliphatic carbocycles. The number of rotatable bonds is 16. The Morgan fingerprint density at radius 2 is 1.33 bits per heavy atom. The molecule has 61 heavy (non-hydrogen) atoms. The maximum absolute atomic E-state index is 13.8. The van der Waals surface area contributed by atoms with E-state index in [1.54, 1.807) is 61.5 Å². The van der Waals surface area contributed by atoms with E-state index in [0.29, 0.717) is 84.4 Å². The lowest BCUT2D eigenvalue weighted by Gasteiger charge is -2.26. The maximum Gasteiger partial charge on any atom is 0.276 e. The number of fused-ring (bicyclic) bond motifs is 2. The van der Waals surface area contributed by atoms with Crippen LogP contribution < -0.4 is 26.8 Å². The van der Waals surface area contributed by atoms with Gasteiger partial charge in [0.2, 0.25) is 29.6 Å². The van der Waals surface area contributed by atoms with E-state index in [4.69, 9.17) is 25.9 Å². The third-order valence-corrected chi connectivity index (χ3v) is 9.96. The number of aromatic nitrogens is 9. The van der Waals surface area contributed by atoms with E-state index < -0.39 is 23.6 Å². The highest BCUT2D eigenvalue weighted by Crippen LogP contribution is 2.32. The van der Waals surface area contributed by atoms with E-state index in [9.17, 15) is 24.0 Å². The van der Waals surface area contributed by atoms with Crippen molar-refractivity contribution in [2.75, 3.05) is 43.5 Å². The van der Waals surface area contributed by atoms with Crippen molar-refractivity contribution in [3.05, 3.63) is 82.6 Å². The summed E-state index contributed by atoms with van der Waals surface area (Å²) in [5.74, 6) is -1.92. The predicted octanol–water partition coefficient (Wildman–Crippen LogP) is 2.42. The molecule has 0 spiro atoms. The number of hydrogen-bond donors (Lipinski definition) is 4. The average molecular weight is 835 g/mol. The number of pyridine rings is 1. The first-order chi connectivity index (χ1) is 29.3. The zero-order chi connectivity index (χ0) is 43.4. The molecule has 0 radical (unpaired) electrons. The number of imidazole rings is 2. The summed E-state index contributed by atoms with van der Waals surface area (Å²) in [7, 11) is 0. The molecule has 5 amide bonds. The molecule has 6 N–H and O–H groups in total. The molecule has 0 saturated carbocycles. The Balaban J connectivity index is 1.23. The number of morpholine rings is 1. The van der Waals surface area contributed by atoms with Crippen LogP contribution in [0, 0.1) is 13.8 Å². The van der Waals surface area contributed by atoms with Crippen LogP contribution in [0.5, 0.6) is 5.75 Å². The first kappa shape index (κ1) is 41.7. The van der Waals surface area contributed by atoms with Crippen LogP contribution in [0.15, 0.2) is 48.7 Å². The first-order valence-electron chi connectivity index (χ1n) is 19.7. The van der Waals surface area contributed by atoms with Crippen molar-refractivity contribution >= 4 is 63.6 Å². The molecule has 0 atom stereocenters. The Morgan fingerprint density at radius 1 is 0.770 bits per heavy atom. The number of nitrogens with one attached hydrogen (secondary N) is 2. The monoisotopic (exact) mass is 834 g/mol. The fraction of sp³-hybridized carbons (Fsp3) is 0.350. The second-order valence-corrected chi connectivity index (χ2v) is 14.2. The van der Waals surface area contributed by atoms with Crippen molar-refractivity contribution < 1.29 is 33.4 Å². The first-order valence-corrected chi connectivity index (χ1v) is 19.7. The standard InChI is InChI=1S/C40H46N14O7/c1-5-53-29(17-23(3)48-53)37(58)46-39-44-27-19-25(34(41)56)21-31(61-14-9-32(55)50-12-15-60-16-13-50)33(27)51(39)10-7-8-11-52-36-28(20-26(22-43-36)35(42)57)45-40(52)47-38(59)30-18-24(4)49-54(30)6-2/h7-8,17-22H,5-6,9-16H2,1-4H3,(H2,41,56)(H2,42,57)(H,44,46,58)(H,45,47,59)/b8-7+. The van der Waals surface area contributed by atoms with Crippen molar-refractivity contribution in [1.82, 2.24) is 48.5 Å². The Bertz CT molecular complexity index is 2700. The molecule has 6 aromatic rings. The summed E-state index contributed by atoms with van der Waals surface area (Å²) in [5.41, 5.74) is 14.9. The molecule has 318 valence electrons. The normalized spacial score (nSPS) is 13.0. The fourth-order valence-electron chi connectivity index (χ4n) is 7.02.